The normalized spacial score (nSPS) is 15.1. The molecule has 0 amide bonds. The lowest BCUT2D eigenvalue weighted by Gasteiger charge is -2.36. The Morgan fingerprint density at radius 3 is 2.56 bits per heavy atom. The van der Waals surface area contributed by atoms with Gasteiger partial charge in [0.2, 0.25) is 5.95 Å². The second-order valence-corrected chi connectivity index (χ2v) is 6.45. The highest BCUT2D eigenvalue weighted by Gasteiger charge is 2.20. The number of ether oxygens (including phenoxy) is 1. The van der Waals surface area contributed by atoms with E-state index in [1.165, 1.54) is 11.1 Å². The predicted molar refractivity (Wildman–Crippen MR) is 108 cm³/mol. The number of benzene rings is 1. The monoisotopic (exact) mass is 368 g/mol. The van der Waals surface area contributed by atoms with Crippen LogP contribution in [0.2, 0.25) is 0 Å². The number of nitrogens with one attached hydrogen (secondary N) is 1. The number of guanidine groups is 1. The lowest BCUT2D eigenvalue weighted by Crippen LogP contribution is -2.52. The summed E-state index contributed by atoms with van der Waals surface area (Å²) in [6, 6.07) is 10.2. The van der Waals surface area contributed by atoms with Crippen molar-refractivity contribution in [2.75, 3.05) is 44.7 Å². The van der Waals surface area contributed by atoms with Crippen LogP contribution in [0.3, 0.4) is 0 Å². The number of anilines is 1. The van der Waals surface area contributed by atoms with E-state index in [1.54, 1.807) is 19.5 Å². The molecule has 0 saturated carbocycles. The summed E-state index contributed by atoms with van der Waals surface area (Å²) in [5.74, 6) is 1.76. The third-order valence-corrected chi connectivity index (χ3v) is 4.46. The van der Waals surface area contributed by atoms with Crippen LogP contribution in [0.25, 0.3) is 0 Å². The Labute approximate surface area is 161 Å². The average molecular weight is 368 g/mol. The number of piperazine rings is 1. The molecule has 0 atom stereocenters. The van der Waals surface area contributed by atoms with Crippen molar-refractivity contribution < 1.29 is 4.74 Å². The van der Waals surface area contributed by atoms with Gasteiger partial charge in [0.15, 0.2) is 5.96 Å². The molecule has 2 heterocycles. The molecule has 1 aliphatic rings. The molecule has 1 aromatic heterocycles. The molecule has 7 heteroatoms. The minimum absolute atomic E-state index is 0.626. The largest absolute Gasteiger partial charge is 0.380 e. The Morgan fingerprint density at radius 1 is 1.11 bits per heavy atom. The Kier molecular flexibility index (Phi) is 6.98. The first-order valence-electron chi connectivity index (χ1n) is 9.42. The molecule has 3 rings (SSSR count). The molecule has 0 aliphatic carbocycles. The van der Waals surface area contributed by atoms with E-state index >= 15 is 0 Å². The van der Waals surface area contributed by atoms with Crippen LogP contribution < -0.4 is 10.2 Å². The zero-order chi connectivity index (χ0) is 18.9. The van der Waals surface area contributed by atoms with Crippen LogP contribution >= 0.6 is 0 Å². The summed E-state index contributed by atoms with van der Waals surface area (Å²) in [7, 11) is 1.72. The molecule has 144 valence electrons. The summed E-state index contributed by atoms with van der Waals surface area (Å²) >= 11 is 0. The van der Waals surface area contributed by atoms with E-state index in [2.05, 4.69) is 56.3 Å². The van der Waals surface area contributed by atoms with Gasteiger partial charge in [-0.2, -0.15) is 0 Å². The van der Waals surface area contributed by atoms with Crippen LogP contribution in [0.15, 0.2) is 47.7 Å². The molecule has 0 spiro atoms. The van der Waals surface area contributed by atoms with Gasteiger partial charge in [0.1, 0.15) is 0 Å². The third-order valence-electron chi connectivity index (χ3n) is 4.46. The van der Waals surface area contributed by atoms with Gasteiger partial charge in [0.05, 0.1) is 13.2 Å². The number of aromatic nitrogens is 2. The van der Waals surface area contributed by atoms with E-state index in [1.807, 2.05) is 6.07 Å². The second kappa shape index (κ2) is 9.87. The summed E-state index contributed by atoms with van der Waals surface area (Å²) in [4.78, 5) is 18.1. The van der Waals surface area contributed by atoms with Crippen molar-refractivity contribution in [1.82, 2.24) is 20.2 Å². The Hall–Kier alpha value is -2.67. The smallest absolute Gasteiger partial charge is 0.225 e. The van der Waals surface area contributed by atoms with E-state index < -0.39 is 0 Å². The average Bonchev–Trinajstić information content (AvgIpc) is 2.72. The Morgan fingerprint density at radius 2 is 1.85 bits per heavy atom. The van der Waals surface area contributed by atoms with Crippen LogP contribution in [0, 0.1) is 0 Å². The fourth-order valence-electron chi connectivity index (χ4n) is 3.15. The summed E-state index contributed by atoms with van der Waals surface area (Å²) in [6.45, 7) is 7.80. The summed E-state index contributed by atoms with van der Waals surface area (Å²) < 4.78 is 5.22. The lowest BCUT2D eigenvalue weighted by atomic mass is 10.1. The van der Waals surface area contributed by atoms with Crippen molar-refractivity contribution in [3.05, 3.63) is 53.9 Å². The first kappa shape index (κ1) is 19.1. The van der Waals surface area contributed by atoms with Crippen LogP contribution in [-0.4, -0.2) is 60.7 Å². The topological polar surface area (TPSA) is 65.9 Å². The molecule has 1 aliphatic heterocycles. The van der Waals surface area contributed by atoms with E-state index in [4.69, 9.17) is 9.73 Å². The standard InChI is InChI=1S/C20H28N6O/c1-3-21-19(24-15-17-6-4-7-18(14-17)16-27-2)25-10-12-26(13-11-25)20-22-8-5-9-23-20/h4-9,14H,3,10-13,15-16H2,1-2H3,(H,21,24). The van der Waals surface area contributed by atoms with Gasteiger partial charge in [-0.1, -0.05) is 24.3 Å². The first-order chi connectivity index (χ1) is 13.3. The van der Waals surface area contributed by atoms with E-state index in [9.17, 15) is 0 Å². The number of hydrogen-bond acceptors (Lipinski definition) is 5. The highest BCUT2D eigenvalue weighted by molar-refractivity contribution is 5.80. The zero-order valence-corrected chi connectivity index (χ0v) is 16.1. The van der Waals surface area contributed by atoms with Gasteiger partial charge in [-0.25, -0.2) is 15.0 Å². The quantitative estimate of drug-likeness (QED) is 0.621. The van der Waals surface area contributed by atoms with Crippen LogP contribution in [0.5, 0.6) is 0 Å². The summed E-state index contributed by atoms with van der Waals surface area (Å²) in [5.41, 5.74) is 2.36. The number of hydrogen-bond donors (Lipinski definition) is 1. The van der Waals surface area contributed by atoms with Crippen molar-refractivity contribution >= 4 is 11.9 Å². The minimum Gasteiger partial charge on any atom is -0.380 e. The lowest BCUT2D eigenvalue weighted by molar-refractivity contribution is 0.185. The van der Waals surface area contributed by atoms with Gasteiger partial charge < -0.3 is 19.9 Å². The maximum absolute atomic E-state index is 5.22. The van der Waals surface area contributed by atoms with Gasteiger partial charge in [0, 0.05) is 52.2 Å². The first-order valence-corrected chi connectivity index (χ1v) is 9.42. The van der Waals surface area contributed by atoms with E-state index in [0.717, 1.165) is 44.6 Å². The number of nitrogens with zero attached hydrogens (tertiary/aromatic N) is 5. The molecular weight excluding hydrogens is 340 g/mol. The van der Waals surface area contributed by atoms with Crippen molar-refractivity contribution in [3.8, 4) is 0 Å². The molecule has 2 aromatic rings. The van der Waals surface area contributed by atoms with Gasteiger partial charge >= 0.3 is 0 Å². The molecular formula is C20H28N6O. The van der Waals surface area contributed by atoms with Crippen LogP contribution in [0.1, 0.15) is 18.1 Å². The highest BCUT2D eigenvalue weighted by atomic mass is 16.5. The SMILES string of the molecule is CCNC(=NCc1cccc(COC)c1)N1CCN(c2ncccn2)CC1. The fourth-order valence-corrected chi connectivity index (χ4v) is 3.15. The Bertz CT molecular complexity index is 728. The fraction of sp³-hybridized carbons (Fsp3) is 0.450. The molecule has 0 bridgehead atoms. The zero-order valence-electron chi connectivity index (χ0n) is 16.1. The van der Waals surface area contributed by atoms with Gasteiger partial charge in [-0.05, 0) is 24.1 Å². The van der Waals surface area contributed by atoms with Crippen molar-refractivity contribution in [2.24, 2.45) is 4.99 Å². The summed E-state index contributed by atoms with van der Waals surface area (Å²) in [6.07, 6.45) is 3.58. The van der Waals surface area contributed by atoms with Crippen LogP contribution in [0.4, 0.5) is 5.95 Å². The van der Waals surface area contributed by atoms with E-state index in [-0.39, 0.29) is 0 Å². The molecule has 7 nitrogen and oxygen atoms in total. The molecule has 27 heavy (non-hydrogen) atoms. The number of aliphatic imine (C=N–C) groups is 1. The maximum Gasteiger partial charge on any atom is 0.225 e. The van der Waals surface area contributed by atoms with Crippen molar-refractivity contribution in [3.63, 3.8) is 0 Å². The Balaban J connectivity index is 1.62. The van der Waals surface area contributed by atoms with Gasteiger partial charge in [0.25, 0.3) is 0 Å². The molecule has 1 N–H and O–H groups in total. The molecule has 1 saturated heterocycles. The summed E-state index contributed by atoms with van der Waals surface area (Å²) in [5, 5.41) is 3.42. The van der Waals surface area contributed by atoms with Crippen LogP contribution in [-0.2, 0) is 17.9 Å². The molecule has 0 unspecified atom stereocenters. The van der Waals surface area contributed by atoms with Crippen molar-refractivity contribution in [2.45, 2.75) is 20.1 Å². The van der Waals surface area contributed by atoms with Crippen molar-refractivity contribution in [1.29, 1.82) is 0 Å². The predicted octanol–water partition coefficient (Wildman–Crippen LogP) is 1.91. The minimum atomic E-state index is 0.626. The van der Waals surface area contributed by atoms with Gasteiger partial charge in [-0.3, -0.25) is 0 Å². The number of rotatable bonds is 6. The maximum atomic E-state index is 5.22. The molecule has 1 aromatic carbocycles. The second-order valence-electron chi connectivity index (χ2n) is 6.45. The number of methoxy groups -OCH3 is 1. The molecule has 0 radical (unpaired) electrons. The highest BCUT2D eigenvalue weighted by Crippen LogP contribution is 2.11. The van der Waals surface area contributed by atoms with E-state index in [0.29, 0.717) is 13.2 Å². The van der Waals surface area contributed by atoms with Gasteiger partial charge in [-0.15, -0.1) is 0 Å². The molecule has 1 fully saturated rings. The third kappa shape index (κ3) is 5.40.